The van der Waals surface area contributed by atoms with Crippen LogP contribution in [-0.4, -0.2) is 37.2 Å². The normalized spacial score (nSPS) is 23.5. The molecular formula is C28H31N5O. The van der Waals surface area contributed by atoms with Crippen LogP contribution in [0.3, 0.4) is 0 Å². The predicted octanol–water partition coefficient (Wildman–Crippen LogP) is 6.02. The first kappa shape index (κ1) is 22.5. The molecule has 3 aromatic carbocycles. The van der Waals surface area contributed by atoms with Gasteiger partial charge in [0, 0.05) is 40.7 Å². The van der Waals surface area contributed by atoms with Gasteiger partial charge in [-0.1, -0.05) is 65.8 Å². The third-order valence-corrected chi connectivity index (χ3v) is 7.48. The van der Waals surface area contributed by atoms with Gasteiger partial charge in [-0.05, 0) is 66.7 Å². The lowest BCUT2D eigenvalue weighted by Crippen LogP contribution is -2.64. The predicted molar refractivity (Wildman–Crippen MR) is 135 cm³/mol. The van der Waals surface area contributed by atoms with Gasteiger partial charge in [0.25, 0.3) is 0 Å². The Kier molecular flexibility index (Phi) is 6.82. The largest absolute Gasteiger partial charge is 0.496 e. The summed E-state index contributed by atoms with van der Waals surface area (Å²) in [5.74, 6) is 1.74. The highest BCUT2D eigenvalue weighted by Crippen LogP contribution is 2.42. The van der Waals surface area contributed by atoms with E-state index < -0.39 is 0 Å². The third-order valence-electron chi connectivity index (χ3n) is 7.48. The van der Waals surface area contributed by atoms with Crippen LogP contribution in [-0.2, 0) is 6.54 Å². The lowest BCUT2D eigenvalue weighted by molar-refractivity contribution is 0.00462. The van der Waals surface area contributed by atoms with Gasteiger partial charge in [0.05, 0.1) is 7.11 Å². The van der Waals surface area contributed by atoms with Gasteiger partial charge in [-0.15, -0.1) is 0 Å². The zero-order valence-electron chi connectivity index (χ0n) is 19.5. The van der Waals surface area contributed by atoms with E-state index in [4.69, 9.17) is 10.3 Å². The second-order valence-electron chi connectivity index (χ2n) is 9.26. The monoisotopic (exact) mass is 453 g/mol. The van der Waals surface area contributed by atoms with E-state index in [-0.39, 0.29) is 0 Å². The molecule has 0 saturated carbocycles. The summed E-state index contributed by atoms with van der Waals surface area (Å²) >= 11 is 0. The summed E-state index contributed by atoms with van der Waals surface area (Å²) in [6, 6.07) is 28.2. The van der Waals surface area contributed by atoms with Crippen LogP contribution >= 0.6 is 0 Å². The Balaban J connectivity index is 1.49. The number of azide groups is 1. The Hall–Kier alpha value is -3.31. The van der Waals surface area contributed by atoms with Gasteiger partial charge >= 0.3 is 0 Å². The van der Waals surface area contributed by atoms with Gasteiger partial charge < -0.3 is 10.1 Å². The molecule has 174 valence electrons. The number of nitrogens with one attached hydrogen (secondary N) is 1. The Morgan fingerprint density at radius 2 is 1.65 bits per heavy atom. The average Bonchev–Trinajstić information content (AvgIpc) is 2.90. The highest BCUT2D eigenvalue weighted by atomic mass is 16.5. The Morgan fingerprint density at radius 1 is 1.00 bits per heavy atom. The number of benzene rings is 3. The van der Waals surface area contributed by atoms with Gasteiger partial charge in [-0.25, -0.2) is 0 Å². The Labute approximate surface area is 201 Å². The van der Waals surface area contributed by atoms with E-state index >= 15 is 0 Å². The number of hydrogen-bond acceptors (Lipinski definition) is 4. The first-order valence-corrected chi connectivity index (χ1v) is 12.1. The van der Waals surface area contributed by atoms with Crippen LogP contribution in [0.15, 0.2) is 84.0 Å². The van der Waals surface area contributed by atoms with Crippen molar-refractivity contribution in [3.8, 4) is 5.75 Å². The molecule has 0 aromatic heterocycles. The lowest BCUT2D eigenvalue weighted by Gasteiger charge is -2.54. The van der Waals surface area contributed by atoms with Crippen LogP contribution < -0.4 is 10.1 Å². The maximum atomic E-state index is 8.86. The first-order valence-electron chi connectivity index (χ1n) is 12.1. The second-order valence-corrected chi connectivity index (χ2v) is 9.26. The smallest absolute Gasteiger partial charge is 0.123 e. The van der Waals surface area contributed by atoms with Gasteiger partial charge in [-0.2, -0.15) is 0 Å². The van der Waals surface area contributed by atoms with Crippen molar-refractivity contribution in [2.45, 2.75) is 37.4 Å². The number of piperidine rings is 3. The van der Waals surface area contributed by atoms with Crippen LogP contribution in [0.2, 0.25) is 0 Å². The summed E-state index contributed by atoms with van der Waals surface area (Å²) in [6.07, 6.45) is 2.45. The van der Waals surface area contributed by atoms with Gasteiger partial charge in [-0.3, -0.25) is 4.90 Å². The van der Waals surface area contributed by atoms with Crippen molar-refractivity contribution in [2.24, 2.45) is 11.0 Å². The summed E-state index contributed by atoms with van der Waals surface area (Å²) in [5, 5.41) is 7.71. The minimum atomic E-state index is 0.291. The fourth-order valence-electron chi connectivity index (χ4n) is 5.94. The Morgan fingerprint density at radius 3 is 2.24 bits per heavy atom. The molecule has 0 aliphatic carbocycles. The van der Waals surface area contributed by atoms with E-state index in [0.717, 1.165) is 24.4 Å². The van der Waals surface area contributed by atoms with Gasteiger partial charge in [0.15, 0.2) is 0 Å². The van der Waals surface area contributed by atoms with Gasteiger partial charge in [0.2, 0.25) is 0 Å². The van der Waals surface area contributed by atoms with E-state index in [9.17, 15) is 0 Å². The standard InChI is InChI=1S/C28H31N5O/c1-34-25-13-12-24(31-32-29)18-23(25)19-30-27-22-14-16-33(17-15-22)28(27)26(20-8-4-2-5-9-20)21-10-6-3-7-11-21/h2-13,18,22,26-28,30H,14-17,19H2,1H3/t27-,28-/m0/s1. The quantitative estimate of drug-likeness (QED) is 0.257. The molecule has 6 rings (SSSR count). The van der Waals surface area contributed by atoms with E-state index in [1.54, 1.807) is 13.2 Å². The highest BCUT2D eigenvalue weighted by Gasteiger charge is 2.46. The summed E-state index contributed by atoms with van der Waals surface area (Å²) in [6.45, 7) is 2.97. The molecule has 0 spiro atoms. The molecule has 2 atom stereocenters. The van der Waals surface area contributed by atoms with Crippen molar-refractivity contribution < 1.29 is 4.74 Å². The molecular weight excluding hydrogens is 422 g/mol. The molecule has 1 N–H and O–H groups in total. The maximum Gasteiger partial charge on any atom is 0.123 e. The van der Waals surface area contributed by atoms with Crippen LogP contribution in [0.1, 0.15) is 35.4 Å². The van der Waals surface area contributed by atoms with Crippen molar-refractivity contribution in [3.63, 3.8) is 0 Å². The highest BCUT2D eigenvalue weighted by molar-refractivity contribution is 5.47. The molecule has 3 aliphatic heterocycles. The minimum Gasteiger partial charge on any atom is -0.496 e. The molecule has 0 unspecified atom stereocenters. The molecule has 3 fully saturated rings. The zero-order chi connectivity index (χ0) is 23.3. The maximum absolute atomic E-state index is 8.86. The van der Waals surface area contributed by atoms with Crippen molar-refractivity contribution in [3.05, 3.63) is 106 Å². The average molecular weight is 454 g/mol. The van der Waals surface area contributed by atoms with E-state index in [1.807, 2.05) is 12.1 Å². The Bertz CT molecular complexity index is 1100. The number of methoxy groups -OCH3 is 1. The van der Waals surface area contributed by atoms with Crippen LogP contribution in [0.5, 0.6) is 5.75 Å². The summed E-state index contributed by atoms with van der Waals surface area (Å²) in [4.78, 5) is 5.63. The second kappa shape index (κ2) is 10.3. The molecule has 3 heterocycles. The summed E-state index contributed by atoms with van der Waals surface area (Å²) in [7, 11) is 1.68. The lowest BCUT2D eigenvalue weighted by atomic mass is 9.70. The third kappa shape index (κ3) is 4.53. The molecule has 0 amide bonds. The van der Waals surface area contributed by atoms with E-state index in [2.05, 4.69) is 80.9 Å². The number of fused-ring (bicyclic) bond motifs is 3. The molecule has 0 radical (unpaired) electrons. The van der Waals surface area contributed by atoms with Crippen LogP contribution in [0.25, 0.3) is 10.4 Å². The van der Waals surface area contributed by atoms with E-state index in [1.165, 1.54) is 24.0 Å². The first-order chi connectivity index (χ1) is 16.8. The zero-order valence-corrected chi connectivity index (χ0v) is 19.5. The fourth-order valence-corrected chi connectivity index (χ4v) is 5.94. The summed E-state index contributed by atoms with van der Waals surface area (Å²) < 4.78 is 5.61. The van der Waals surface area contributed by atoms with Crippen molar-refractivity contribution in [2.75, 3.05) is 20.2 Å². The molecule has 6 heteroatoms. The molecule has 2 bridgehead atoms. The number of rotatable bonds is 8. The molecule has 34 heavy (non-hydrogen) atoms. The number of ether oxygens (including phenoxy) is 1. The fraction of sp³-hybridized carbons (Fsp3) is 0.357. The topological polar surface area (TPSA) is 73.3 Å². The van der Waals surface area contributed by atoms with Crippen molar-refractivity contribution >= 4 is 5.69 Å². The van der Waals surface area contributed by atoms with Crippen molar-refractivity contribution in [1.29, 1.82) is 0 Å². The number of hydrogen-bond donors (Lipinski definition) is 1. The SMILES string of the molecule is COc1ccc(N=[N+]=[N-])cc1CN[C@H]1C2CCN(CC2)[C@H]1C(c1ccccc1)c1ccccc1. The summed E-state index contributed by atoms with van der Waals surface area (Å²) in [5.41, 5.74) is 13.2. The van der Waals surface area contributed by atoms with E-state index in [0.29, 0.717) is 36.2 Å². The molecule has 6 nitrogen and oxygen atoms in total. The molecule has 3 aromatic rings. The number of nitrogens with zero attached hydrogens (tertiary/aromatic N) is 4. The molecule has 3 aliphatic rings. The molecule has 3 saturated heterocycles. The van der Waals surface area contributed by atoms with Crippen LogP contribution in [0, 0.1) is 5.92 Å². The minimum absolute atomic E-state index is 0.291. The van der Waals surface area contributed by atoms with Gasteiger partial charge in [0.1, 0.15) is 5.75 Å². The van der Waals surface area contributed by atoms with Crippen molar-refractivity contribution in [1.82, 2.24) is 10.2 Å². The van der Waals surface area contributed by atoms with Crippen LogP contribution in [0.4, 0.5) is 5.69 Å².